The Morgan fingerprint density at radius 2 is 1.90 bits per heavy atom. The van der Waals surface area contributed by atoms with Gasteiger partial charge in [-0.2, -0.15) is 4.98 Å². The molecule has 0 aliphatic rings. The molecule has 1 aromatic heterocycles. The molecule has 0 aliphatic heterocycles. The molecule has 1 N–H and O–H groups in total. The number of benzene rings is 2. The number of ether oxygens (including phenoxy) is 1. The summed E-state index contributed by atoms with van der Waals surface area (Å²) in [5.41, 5.74) is 3.20. The third-order valence-electron chi connectivity index (χ3n) is 4.49. The van der Waals surface area contributed by atoms with Crippen molar-refractivity contribution < 1.29 is 23.2 Å². The zero-order valence-electron chi connectivity index (χ0n) is 16.3. The van der Waals surface area contributed by atoms with Gasteiger partial charge in [-0.25, -0.2) is 9.18 Å². The highest BCUT2D eigenvalue weighted by molar-refractivity contribution is 5.96. The minimum Gasteiger partial charge on any atom is -0.465 e. The van der Waals surface area contributed by atoms with Crippen molar-refractivity contribution in [3.63, 3.8) is 0 Å². The lowest BCUT2D eigenvalue weighted by Crippen LogP contribution is -2.14. The predicted octanol–water partition coefficient (Wildman–Crippen LogP) is 3.85. The van der Waals surface area contributed by atoms with Crippen molar-refractivity contribution in [3.8, 4) is 11.4 Å². The van der Waals surface area contributed by atoms with E-state index in [1.165, 1.54) is 19.2 Å². The molecule has 1 heterocycles. The van der Waals surface area contributed by atoms with Crippen LogP contribution in [0.25, 0.3) is 11.4 Å². The van der Waals surface area contributed by atoms with Crippen LogP contribution in [-0.2, 0) is 16.0 Å². The molecule has 7 nitrogen and oxygen atoms in total. The van der Waals surface area contributed by atoms with Crippen LogP contribution in [0.3, 0.4) is 0 Å². The summed E-state index contributed by atoms with van der Waals surface area (Å²) in [6.07, 6.45) is 0.361. The van der Waals surface area contributed by atoms with Gasteiger partial charge in [-0.05, 0) is 61.4 Å². The van der Waals surface area contributed by atoms with Crippen LogP contribution < -0.4 is 5.32 Å². The first-order chi connectivity index (χ1) is 13.9. The molecule has 2 aromatic carbocycles. The highest BCUT2D eigenvalue weighted by Crippen LogP contribution is 2.21. The fraction of sp³-hybridized carbons (Fsp3) is 0.238. The average molecular weight is 397 g/mol. The van der Waals surface area contributed by atoms with Crippen molar-refractivity contribution in [1.82, 2.24) is 10.1 Å². The number of nitrogens with one attached hydrogen (secondary N) is 1. The van der Waals surface area contributed by atoms with E-state index >= 15 is 0 Å². The molecular weight excluding hydrogens is 377 g/mol. The fourth-order valence-corrected chi connectivity index (χ4v) is 2.77. The summed E-state index contributed by atoms with van der Waals surface area (Å²) in [6.45, 7) is 3.67. The number of esters is 1. The lowest BCUT2D eigenvalue weighted by Gasteiger charge is -2.11. The molecule has 150 valence electrons. The van der Waals surface area contributed by atoms with Crippen LogP contribution in [0.2, 0.25) is 0 Å². The molecule has 3 aromatic rings. The minimum absolute atomic E-state index is 0.117. The Kier molecular flexibility index (Phi) is 6.01. The fourth-order valence-electron chi connectivity index (χ4n) is 2.77. The average Bonchev–Trinajstić information content (AvgIpc) is 3.18. The summed E-state index contributed by atoms with van der Waals surface area (Å²) >= 11 is 0. The summed E-state index contributed by atoms with van der Waals surface area (Å²) < 4.78 is 22.9. The van der Waals surface area contributed by atoms with Crippen molar-refractivity contribution >= 4 is 17.6 Å². The third-order valence-corrected chi connectivity index (χ3v) is 4.49. The minimum atomic E-state index is -0.458. The zero-order valence-corrected chi connectivity index (χ0v) is 16.3. The molecule has 0 radical (unpaired) electrons. The summed E-state index contributed by atoms with van der Waals surface area (Å²) in [7, 11) is 1.31. The van der Waals surface area contributed by atoms with Gasteiger partial charge in [0.15, 0.2) is 0 Å². The van der Waals surface area contributed by atoms with Crippen LogP contribution in [0.15, 0.2) is 40.9 Å². The number of anilines is 1. The van der Waals surface area contributed by atoms with Crippen LogP contribution in [0.1, 0.15) is 33.8 Å². The number of carbonyl (C=O) groups excluding carboxylic acids is 2. The quantitative estimate of drug-likeness (QED) is 0.635. The molecule has 0 saturated heterocycles. The SMILES string of the molecule is COC(=O)c1cc(NC(=O)CCc2nc(-c3ccc(F)cc3)no2)cc(C)c1C. The van der Waals surface area contributed by atoms with E-state index in [9.17, 15) is 14.0 Å². The maximum atomic E-state index is 13.0. The topological polar surface area (TPSA) is 94.3 Å². The van der Waals surface area contributed by atoms with E-state index in [2.05, 4.69) is 15.5 Å². The summed E-state index contributed by atoms with van der Waals surface area (Å²) in [4.78, 5) is 28.4. The highest BCUT2D eigenvalue weighted by atomic mass is 19.1. The number of nitrogens with zero attached hydrogens (tertiary/aromatic N) is 2. The van der Waals surface area contributed by atoms with Gasteiger partial charge >= 0.3 is 5.97 Å². The lowest BCUT2D eigenvalue weighted by atomic mass is 10.0. The van der Waals surface area contributed by atoms with Crippen LogP contribution >= 0.6 is 0 Å². The Bertz CT molecular complexity index is 1040. The number of hydrogen-bond donors (Lipinski definition) is 1. The van der Waals surface area contributed by atoms with Gasteiger partial charge in [0.05, 0.1) is 12.7 Å². The molecule has 3 rings (SSSR count). The number of hydrogen-bond acceptors (Lipinski definition) is 6. The maximum Gasteiger partial charge on any atom is 0.338 e. The van der Waals surface area contributed by atoms with E-state index in [0.717, 1.165) is 11.1 Å². The summed E-state index contributed by atoms with van der Waals surface area (Å²) in [5, 5.41) is 6.61. The van der Waals surface area contributed by atoms with Gasteiger partial charge in [-0.3, -0.25) is 4.79 Å². The van der Waals surface area contributed by atoms with E-state index in [1.807, 2.05) is 13.8 Å². The Morgan fingerprint density at radius 3 is 2.59 bits per heavy atom. The van der Waals surface area contributed by atoms with Gasteiger partial charge in [-0.15, -0.1) is 0 Å². The second kappa shape index (κ2) is 8.64. The maximum absolute atomic E-state index is 13.0. The van der Waals surface area contributed by atoms with Crippen LogP contribution in [0, 0.1) is 19.7 Å². The first-order valence-electron chi connectivity index (χ1n) is 8.95. The summed E-state index contributed by atoms with van der Waals surface area (Å²) in [5.74, 6) is -0.436. The standard InChI is InChI=1S/C21H20FN3O4/c1-12-10-16(11-17(13(12)2)21(27)28-3)23-18(26)8-9-19-24-20(25-29-19)14-4-6-15(22)7-5-14/h4-7,10-11H,8-9H2,1-3H3,(H,23,26). The van der Waals surface area contributed by atoms with Crippen molar-refractivity contribution in [2.75, 3.05) is 12.4 Å². The molecule has 0 saturated carbocycles. The van der Waals surface area contributed by atoms with E-state index in [0.29, 0.717) is 28.5 Å². The van der Waals surface area contributed by atoms with Crippen LogP contribution in [0.4, 0.5) is 10.1 Å². The lowest BCUT2D eigenvalue weighted by molar-refractivity contribution is -0.116. The number of carbonyl (C=O) groups is 2. The largest absolute Gasteiger partial charge is 0.465 e. The Morgan fingerprint density at radius 1 is 1.17 bits per heavy atom. The van der Waals surface area contributed by atoms with Crippen LogP contribution in [0.5, 0.6) is 0 Å². The summed E-state index contributed by atoms with van der Waals surface area (Å²) in [6, 6.07) is 9.10. The monoisotopic (exact) mass is 397 g/mol. The molecule has 0 aliphatic carbocycles. The number of rotatable bonds is 6. The first-order valence-corrected chi connectivity index (χ1v) is 8.95. The smallest absolute Gasteiger partial charge is 0.338 e. The molecule has 0 unspecified atom stereocenters. The first kappa shape index (κ1) is 20.2. The highest BCUT2D eigenvalue weighted by Gasteiger charge is 2.15. The van der Waals surface area contributed by atoms with Crippen molar-refractivity contribution in [1.29, 1.82) is 0 Å². The molecule has 0 bridgehead atoms. The Labute approximate surface area is 166 Å². The molecule has 0 fully saturated rings. The van der Waals surface area contributed by atoms with Crippen molar-refractivity contribution in [2.45, 2.75) is 26.7 Å². The molecule has 1 amide bonds. The Hall–Kier alpha value is -3.55. The van der Waals surface area contributed by atoms with Gasteiger partial charge in [-0.1, -0.05) is 5.16 Å². The molecule has 8 heteroatoms. The molecular formula is C21H20FN3O4. The van der Waals surface area contributed by atoms with E-state index < -0.39 is 5.97 Å². The number of aromatic nitrogens is 2. The normalized spacial score (nSPS) is 10.6. The van der Waals surface area contributed by atoms with Crippen molar-refractivity contribution in [3.05, 3.63) is 64.8 Å². The second-order valence-electron chi connectivity index (χ2n) is 6.52. The number of amides is 1. The molecule has 0 spiro atoms. The van der Waals surface area contributed by atoms with Gasteiger partial charge in [0.1, 0.15) is 5.82 Å². The van der Waals surface area contributed by atoms with Gasteiger partial charge in [0.25, 0.3) is 0 Å². The molecule has 0 atom stereocenters. The van der Waals surface area contributed by atoms with E-state index in [-0.39, 0.29) is 24.6 Å². The van der Waals surface area contributed by atoms with E-state index in [4.69, 9.17) is 9.26 Å². The number of halogens is 1. The molecule has 29 heavy (non-hydrogen) atoms. The zero-order chi connectivity index (χ0) is 21.0. The number of aryl methyl sites for hydroxylation is 2. The van der Waals surface area contributed by atoms with Gasteiger partial charge in [0.2, 0.25) is 17.6 Å². The third kappa shape index (κ3) is 4.84. The van der Waals surface area contributed by atoms with Crippen molar-refractivity contribution in [2.24, 2.45) is 0 Å². The van der Waals surface area contributed by atoms with Gasteiger partial charge in [0, 0.05) is 24.1 Å². The van der Waals surface area contributed by atoms with Crippen LogP contribution in [-0.4, -0.2) is 29.1 Å². The van der Waals surface area contributed by atoms with Gasteiger partial charge < -0.3 is 14.6 Å². The predicted molar refractivity (Wildman–Crippen MR) is 104 cm³/mol. The van der Waals surface area contributed by atoms with E-state index in [1.54, 1.807) is 24.3 Å². The second-order valence-corrected chi connectivity index (χ2v) is 6.52. The Balaban J connectivity index is 1.63. The number of methoxy groups -OCH3 is 1.